The molecule has 0 unspecified atom stereocenters. The highest BCUT2D eigenvalue weighted by molar-refractivity contribution is 5.86. The van der Waals surface area contributed by atoms with Crippen molar-refractivity contribution in [1.82, 2.24) is 20.3 Å². The second kappa shape index (κ2) is 4.61. The first kappa shape index (κ1) is 11.1. The summed E-state index contributed by atoms with van der Waals surface area (Å²) >= 11 is 0. The number of hydrogen-bond acceptors (Lipinski definition) is 4. The van der Waals surface area contributed by atoms with E-state index in [4.69, 9.17) is 5.11 Å². The summed E-state index contributed by atoms with van der Waals surface area (Å²) in [5, 5.41) is 20.0. The highest BCUT2D eigenvalue weighted by atomic mass is 16.4. The van der Waals surface area contributed by atoms with Crippen molar-refractivity contribution < 1.29 is 9.90 Å². The van der Waals surface area contributed by atoms with Gasteiger partial charge < -0.3 is 10.4 Å². The van der Waals surface area contributed by atoms with Crippen LogP contribution in [0.25, 0.3) is 0 Å². The van der Waals surface area contributed by atoms with Crippen molar-refractivity contribution in [3.63, 3.8) is 0 Å². The molecule has 0 aliphatic carbocycles. The molecule has 1 aliphatic heterocycles. The van der Waals surface area contributed by atoms with Crippen molar-refractivity contribution in [3.8, 4) is 0 Å². The fourth-order valence-corrected chi connectivity index (χ4v) is 2.21. The normalized spacial score (nSPS) is 17.6. The molecule has 88 valence electrons. The van der Waals surface area contributed by atoms with Gasteiger partial charge in [0, 0.05) is 12.5 Å². The SMILES string of the molecule is CCn1nnc(C(=O)O)c1C1CCNCC1. The zero-order chi connectivity index (χ0) is 11.5. The third-order valence-electron chi connectivity index (χ3n) is 3.00. The van der Waals surface area contributed by atoms with Crippen molar-refractivity contribution >= 4 is 5.97 Å². The number of hydrogen-bond donors (Lipinski definition) is 2. The number of nitrogens with one attached hydrogen (secondary N) is 1. The summed E-state index contributed by atoms with van der Waals surface area (Å²) < 4.78 is 1.71. The highest BCUT2D eigenvalue weighted by Crippen LogP contribution is 2.27. The minimum atomic E-state index is -0.978. The smallest absolute Gasteiger partial charge is 0.358 e. The Kier molecular flexibility index (Phi) is 3.19. The first-order chi connectivity index (χ1) is 7.74. The maximum atomic E-state index is 11.1. The van der Waals surface area contributed by atoms with Crippen LogP contribution in [0.3, 0.4) is 0 Å². The number of carbonyl (C=O) groups is 1. The molecule has 6 nitrogen and oxygen atoms in total. The molecule has 2 rings (SSSR count). The van der Waals surface area contributed by atoms with Gasteiger partial charge in [0.25, 0.3) is 0 Å². The fourth-order valence-electron chi connectivity index (χ4n) is 2.21. The van der Waals surface area contributed by atoms with Gasteiger partial charge in [0.05, 0.1) is 5.69 Å². The lowest BCUT2D eigenvalue weighted by Crippen LogP contribution is -2.28. The third-order valence-corrected chi connectivity index (χ3v) is 3.00. The van der Waals surface area contributed by atoms with E-state index >= 15 is 0 Å². The number of nitrogens with zero attached hydrogens (tertiary/aromatic N) is 3. The van der Waals surface area contributed by atoms with Crippen LogP contribution in [0.4, 0.5) is 0 Å². The zero-order valence-electron chi connectivity index (χ0n) is 9.31. The van der Waals surface area contributed by atoms with Crippen LogP contribution in [0.1, 0.15) is 41.9 Å². The summed E-state index contributed by atoms with van der Waals surface area (Å²) in [6.45, 7) is 4.47. The van der Waals surface area contributed by atoms with Crippen molar-refractivity contribution in [2.45, 2.75) is 32.2 Å². The summed E-state index contributed by atoms with van der Waals surface area (Å²) in [7, 11) is 0. The van der Waals surface area contributed by atoms with E-state index in [1.807, 2.05) is 6.92 Å². The lowest BCUT2D eigenvalue weighted by atomic mass is 9.93. The van der Waals surface area contributed by atoms with Gasteiger partial charge in [-0.15, -0.1) is 5.10 Å². The molecule has 0 atom stereocenters. The summed E-state index contributed by atoms with van der Waals surface area (Å²) in [6, 6.07) is 0. The number of aryl methyl sites for hydroxylation is 1. The lowest BCUT2D eigenvalue weighted by Gasteiger charge is -2.23. The van der Waals surface area contributed by atoms with Crippen LogP contribution in [0.15, 0.2) is 0 Å². The molecule has 1 aromatic heterocycles. The van der Waals surface area contributed by atoms with Crippen LogP contribution < -0.4 is 5.32 Å². The lowest BCUT2D eigenvalue weighted by molar-refractivity contribution is 0.0688. The Hall–Kier alpha value is -1.43. The molecule has 1 fully saturated rings. The monoisotopic (exact) mass is 224 g/mol. The fraction of sp³-hybridized carbons (Fsp3) is 0.700. The maximum Gasteiger partial charge on any atom is 0.358 e. The van der Waals surface area contributed by atoms with Crippen molar-refractivity contribution in [2.24, 2.45) is 0 Å². The van der Waals surface area contributed by atoms with Gasteiger partial charge in [0.15, 0.2) is 5.69 Å². The number of carboxylic acid groups (broad SMARTS) is 1. The number of aromatic nitrogens is 3. The Bertz CT molecular complexity index is 382. The molecule has 0 spiro atoms. The topological polar surface area (TPSA) is 80.0 Å². The van der Waals surface area contributed by atoms with Crippen LogP contribution in [0.2, 0.25) is 0 Å². The minimum absolute atomic E-state index is 0.119. The highest BCUT2D eigenvalue weighted by Gasteiger charge is 2.26. The quantitative estimate of drug-likeness (QED) is 0.779. The van der Waals surface area contributed by atoms with E-state index < -0.39 is 5.97 Å². The molecule has 1 aromatic rings. The Labute approximate surface area is 93.6 Å². The summed E-state index contributed by atoms with van der Waals surface area (Å²) in [5.74, 6) is -0.712. The van der Waals surface area contributed by atoms with E-state index in [1.165, 1.54) is 0 Å². The summed E-state index contributed by atoms with van der Waals surface area (Å²) in [5.41, 5.74) is 0.908. The molecular formula is C10H16N4O2. The molecule has 2 heterocycles. The molecule has 1 aliphatic rings. The molecule has 2 N–H and O–H groups in total. The number of aromatic carboxylic acids is 1. The van der Waals surface area contributed by atoms with Crippen LogP contribution in [0, 0.1) is 0 Å². The second-order valence-corrected chi connectivity index (χ2v) is 3.97. The van der Waals surface area contributed by atoms with Gasteiger partial charge in [0.2, 0.25) is 0 Å². The van der Waals surface area contributed by atoms with E-state index in [2.05, 4.69) is 15.6 Å². The molecule has 0 amide bonds. The van der Waals surface area contributed by atoms with Crippen LogP contribution in [-0.4, -0.2) is 39.2 Å². The van der Waals surface area contributed by atoms with Crippen LogP contribution in [0.5, 0.6) is 0 Å². The molecule has 1 saturated heterocycles. The maximum absolute atomic E-state index is 11.1. The summed E-state index contributed by atoms with van der Waals surface area (Å²) in [6.07, 6.45) is 1.90. The molecule has 6 heteroatoms. The first-order valence-corrected chi connectivity index (χ1v) is 5.61. The number of carboxylic acids is 1. The van der Waals surface area contributed by atoms with Crippen molar-refractivity contribution in [2.75, 3.05) is 13.1 Å². The number of rotatable bonds is 3. The standard InChI is InChI=1S/C10H16N4O2/c1-2-14-9(7-3-5-11-6-4-7)8(10(15)16)12-13-14/h7,11H,2-6H2,1H3,(H,15,16). The molecular weight excluding hydrogens is 208 g/mol. The van der Waals surface area contributed by atoms with Crippen molar-refractivity contribution in [3.05, 3.63) is 11.4 Å². The van der Waals surface area contributed by atoms with E-state index in [0.717, 1.165) is 31.6 Å². The average molecular weight is 224 g/mol. The predicted molar refractivity (Wildman–Crippen MR) is 57.5 cm³/mol. The van der Waals surface area contributed by atoms with Crippen LogP contribution in [-0.2, 0) is 6.54 Å². The van der Waals surface area contributed by atoms with Gasteiger partial charge in [-0.2, -0.15) is 0 Å². The largest absolute Gasteiger partial charge is 0.476 e. The molecule has 0 saturated carbocycles. The van der Waals surface area contributed by atoms with Crippen LogP contribution >= 0.6 is 0 Å². The Morgan fingerprint density at radius 1 is 1.56 bits per heavy atom. The van der Waals surface area contributed by atoms with Gasteiger partial charge in [-0.3, -0.25) is 0 Å². The van der Waals surface area contributed by atoms with Gasteiger partial charge in [-0.1, -0.05) is 5.21 Å². The van der Waals surface area contributed by atoms with E-state index in [0.29, 0.717) is 6.54 Å². The first-order valence-electron chi connectivity index (χ1n) is 5.61. The predicted octanol–water partition coefficient (Wildman–Crippen LogP) is 0.463. The summed E-state index contributed by atoms with van der Waals surface area (Å²) in [4.78, 5) is 11.1. The molecule has 0 aromatic carbocycles. The molecule has 16 heavy (non-hydrogen) atoms. The Balaban J connectivity index is 2.34. The third kappa shape index (κ3) is 1.92. The molecule has 0 bridgehead atoms. The number of piperidine rings is 1. The Morgan fingerprint density at radius 3 is 2.81 bits per heavy atom. The Morgan fingerprint density at radius 2 is 2.25 bits per heavy atom. The van der Waals surface area contributed by atoms with Gasteiger partial charge in [-0.25, -0.2) is 9.48 Å². The van der Waals surface area contributed by atoms with E-state index in [9.17, 15) is 4.79 Å². The average Bonchev–Trinajstić information content (AvgIpc) is 2.73. The van der Waals surface area contributed by atoms with Gasteiger partial charge >= 0.3 is 5.97 Å². The zero-order valence-corrected chi connectivity index (χ0v) is 9.31. The molecule has 0 radical (unpaired) electrons. The van der Waals surface area contributed by atoms with E-state index in [-0.39, 0.29) is 11.6 Å². The van der Waals surface area contributed by atoms with Crippen molar-refractivity contribution in [1.29, 1.82) is 0 Å². The second-order valence-electron chi connectivity index (χ2n) is 3.97. The minimum Gasteiger partial charge on any atom is -0.476 e. The van der Waals surface area contributed by atoms with Gasteiger partial charge in [0.1, 0.15) is 0 Å². The van der Waals surface area contributed by atoms with E-state index in [1.54, 1.807) is 4.68 Å². The van der Waals surface area contributed by atoms with Gasteiger partial charge in [-0.05, 0) is 32.9 Å².